The van der Waals surface area contributed by atoms with Crippen LogP contribution >= 0.6 is 0 Å². The van der Waals surface area contributed by atoms with Gasteiger partial charge in [0.15, 0.2) is 0 Å². The predicted octanol–water partition coefficient (Wildman–Crippen LogP) is 4.76. The van der Waals surface area contributed by atoms with Gasteiger partial charge in [0, 0.05) is 22.9 Å². The molecule has 0 heterocycles. The number of hydrogen-bond acceptors (Lipinski definition) is 4. The van der Waals surface area contributed by atoms with E-state index in [4.69, 9.17) is 4.74 Å². The number of carbonyl (C=O) groups excluding carboxylic acids is 2. The summed E-state index contributed by atoms with van der Waals surface area (Å²) in [5.74, 6) is -0.307. The van der Waals surface area contributed by atoms with Crippen molar-refractivity contribution < 1.29 is 18.7 Å². The number of anilines is 2. The molecular formula is C25H26FN3O3. The van der Waals surface area contributed by atoms with Gasteiger partial charge in [-0.3, -0.25) is 14.9 Å². The maximum atomic E-state index is 13.9. The first-order valence-corrected chi connectivity index (χ1v) is 10.2. The number of ether oxygens (including phenoxy) is 1. The molecule has 0 unspecified atom stereocenters. The monoisotopic (exact) mass is 435 g/mol. The number of hydrogen-bond donors (Lipinski definition) is 3. The Hall–Kier alpha value is -3.71. The lowest BCUT2D eigenvalue weighted by Crippen LogP contribution is -2.39. The average Bonchev–Trinajstić information content (AvgIpc) is 2.80. The van der Waals surface area contributed by atoms with E-state index in [9.17, 15) is 14.0 Å². The summed E-state index contributed by atoms with van der Waals surface area (Å²) < 4.78 is 19.2. The van der Waals surface area contributed by atoms with Gasteiger partial charge in [0.25, 0.3) is 5.91 Å². The molecule has 166 valence electrons. The van der Waals surface area contributed by atoms with Gasteiger partial charge in [-0.2, -0.15) is 0 Å². The Kier molecular flexibility index (Phi) is 7.57. The topological polar surface area (TPSA) is 79.5 Å². The minimum absolute atomic E-state index is 0.264. The molecule has 3 aromatic carbocycles. The van der Waals surface area contributed by atoms with Crippen molar-refractivity contribution in [3.63, 3.8) is 0 Å². The van der Waals surface area contributed by atoms with Crippen molar-refractivity contribution in [1.29, 1.82) is 0 Å². The van der Waals surface area contributed by atoms with E-state index in [1.165, 1.54) is 13.2 Å². The molecule has 3 N–H and O–H groups in total. The summed E-state index contributed by atoms with van der Waals surface area (Å²) in [5, 5.41) is 8.70. The Morgan fingerprint density at radius 2 is 1.53 bits per heavy atom. The summed E-state index contributed by atoms with van der Waals surface area (Å²) in [6.07, 6.45) is 0. The van der Waals surface area contributed by atoms with Crippen LogP contribution in [0.4, 0.5) is 15.8 Å². The summed E-state index contributed by atoms with van der Waals surface area (Å²) in [7, 11) is 1.54. The Labute approximate surface area is 186 Å². The molecule has 0 saturated heterocycles. The van der Waals surface area contributed by atoms with Crippen molar-refractivity contribution in [2.75, 3.05) is 17.7 Å². The number of benzene rings is 3. The molecule has 3 rings (SSSR count). The van der Waals surface area contributed by atoms with Gasteiger partial charge in [0.05, 0.1) is 18.8 Å². The van der Waals surface area contributed by atoms with Crippen molar-refractivity contribution in [2.45, 2.75) is 25.9 Å². The minimum atomic E-state index is -0.557. The van der Waals surface area contributed by atoms with E-state index in [1.54, 1.807) is 74.5 Å². The predicted molar refractivity (Wildman–Crippen MR) is 123 cm³/mol. The van der Waals surface area contributed by atoms with Crippen LogP contribution in [0.25, 0.3) is 0 Å². The summed E-state index contributed by atoms with van der Waals surface area (Å²) in [6, 6.07) is 19.3. The highest BCUT2D eigenvalue weighted by atomic mass is 19.1. The van der Waals surface area contributed by atoms with E-state index < -0.39 is 6.04 Å². The largest absolute Gasteiger partial charge is 0.495 e. The van der Waals surface area contributed by atoms with Crippen molar-refractivity contribution in [3.8, 4) is 5.75 Å². The van der Waals surface area contributed by atoms with Gasteiger partial charge in [-0.25, -0.2) is 4.39 Å². The van der Waals surface area contributed by atoms with Gasteiger partial charge >= 0.3 is 0 Å². The van der Waals surface area contributed by atoms with Crippen LogP contribution in [0.2, 0.25) is 0 Å². The van der Waals surface area contributed by atoms with Crippen LogP contribution in [0, 0.1) is 5.82 Å². The number of halogens is 1. The third-order valence-electron chi connectivity index (χ3n) is 5.03. The van der Waals surface area contributed by atoms with E-state index in [0.717, 1.165) is 0 Å². The molecule has 32 heavy (non-hydrogen) atoms. The summed E-state index contributed by atoms with van der Waals surface area (Å²) >= 11 is 0. The molecule has 7 heteroatoms. The van der Waals surface area contributed by atoms with Crippen LogP contribution in [-0.2, 0) is 4.79 Å². The highest BCUT2D eigenvalue weighted by Gasteiger charge is 2.18. The Morgan fingerprint density at radius 3 is 2.22 bits per heavy atom. The molecular weight excluding hydrogens is 409 g/mol. The van der Waals surface area contributed by atoms with Crippen LogP contribution in [0.15, 0.2) is 72.8 Å². The van der Waals surface area contributed by atoms with Crippen molar-refractivity contribution in [3.05, 3.63) is 89.7 Å². The maximum absolute atomic E-state index is 13.9. The Morgan fingerprint density at radius 1 is 0.875 bits per heavy atom. The van der Waals surface area contributed by atoms with Crippen LogP contribution in [-0.4, -0.2) is 25.0 Å². The fourth-order valence-corrected chi connectivity index (χ4v) is 3.26. The average molecular weight is 435 g/mol. The standard InChI is InChI=1S/C25H26FN3O3/c1-16(20-8-4-5-9-21(20)26)27-17(2)24(30)28-19-14-12-18(13-15-19)25(31)29-22-10-6-7-11-23(22)32-3/h4-17,27H,1-3H3,(H,28,30)(H,29,31)/t16-,17+/m1/s1. The molecule has 0 bridgehead atoms. The lowest BCUT2D eigenvalue weighted by molar-refractivity contribution is -0.117. The molecule has 2 amide bonds. The number of carbonyl (C=O) groups is 2. The Bertz CT molecular complexity index is 1090. The molecule has 0 aliphatic heterocycles. The van der Waals surface area contributed by atoms with Crippen molar-refractivity contribution >= 4 is 23.2 Å². The first-order chi connectivity index (χ1) is 15.4. The van der Waals surface area contributed by atoms with Crippen molar-refractivity contribution in [1.82, 2.24) is 5.32 Å². The van der Waals surface area contributed by atoms with E-state index in [1.807, 2.05) is 6.07 Å². The zero-order valence-corrected chi connectivity index (χ0v) is 18.2. The molecule has 0 fully saturated rings. The molecule has 0 saturated carbocycles. The zero-order chi connectivity index (χ0) is 23.1. The quantitative estimate of drug-likeness (QED) is 0.476. The van der Waals surface area contributed by atoms with Gasteiger partial charge in [0.2, 0.25) is 5.91 Å². The van der Waals surface area contributed by atoms with Crippen LogP contribution in [0.5, 0.6) is 5.75 Å². The van der Waals surface area contributed by atoms with Gasteiger partial charge in [-0.1, -0.05) is 30.3 Å². The molecule has 0 aliphatic rings. The normalized spacial score (nSPS) is 12.5. The van der Waals surface area contributed by atoms with Gasteiger partial charge in [-0.15, -0.1) is 0 Å². The summed E-state index contributed by atoms with van der Waals surface area (Å²) in [6.45, 7) is 3.51. The molecule has 0 aromatic heterocycles. The highest BCUT2D eigenvalue weighted by molar-refractivity contribution is 6.05. The number of methoxy groups -OCH3 is 1. The molecule has 3 aromatic rings. The van der Waals surface area contributed by atoms with Gasteiger partial charge < -0.3 is 15.4 Å². The molecule has 0 radical (unpaired) electrons. The minimum Gasteiger partial charge on any atom is -0.495 e. The maximum Gasteiger partial charge on any atom is 0.255 e. The Balaban J connectivity index is 1.58. The third kappa shape index (κ3) is 5.70. The fourth-order valence-electron chi connectivity index (χ4n) is 3.26. The van der Waals surface area contributed by atoms with Gasteiger partial charge in [0.1, 0.15) is 11.6 Å². The second-order valence-electron chi connectivity index (χ2n) is 7.35. The lowest BCUT2D eigenvalue weighted by atomic mass is 10.1. The molecule has 6 nitrogen and oxygen atoms in total. The fraction of sp³-hybridized carbons (Fsp3) is 0.200. The number of nitrogens with one attached hydrogen (secondary N) is 3. The first-order valence-electron chi connectivity index (χ1n) is 10.2. The molecule has 0 aliphatic carbocycles. The highest BCUT2D eigenvalue weighted by Crippen LogP contribution is 2.24. The van der Waals surface area contributed by atoms with Crippen LogP contribution < -0.4 is 20.7 Å². The lowest BCUT2D eigenvalue weighted by Gasteiger charge is -2.20. The first kappa shape index (κ1) is 23.0. The summed E-state index contributed by atoms with van der Waals surface area (Å²) in [4.78, 5) is 25.0. The summed E-state index contributed by atoms with van der Waals surface area (Å²) in [5.41, 5.74) is 2.06. The SMILES string of the molecule is COc1ccccc1NC(=O)c1ccc(NC(=O)[C@H](C)N[C@H](C)c2ccccc2F)cc1. The van der Waals surface area contributed by atoms with E-state index >= 15 is 0 Å². The second kappa shape index (κ2) is 10.5. The van der Waals surface area contributed by atoms with Crippen molar-refractivity contribution in [2.24, 2.45) is 0 Å². The van der Waals surface area contributed by atoms with E-state index in [-0.39, 0.29) is 23.7 Å². The van der Waals surface area contributed by atoms with E-state index in [0.29, 0.717) is 28.3 Å². The molecule has 0 spiro atoms. The second-order valence-corrected chi connectivity index (χ2v) is 7.35. The molecule has 2 atom stereocenters. The van der Waals surface area contributed by atoms with E-state index in [2.05, 4.69) is 16.0 Å². The number of rotatable bonds is 8. The smallest absolute Gasteiger partial charge is 0.255 e. The number of amides is 2. The van der Waals surface area contributed by atoms with Crippen LogP contribution in [0.1, 0.15) is 35.8 Å². The van der Waals surface area contributed by atoms with Crippen LogP contribution in [0.3, 0.4) is 0 Å². The number of para-hydroxylation sites is 2. The van der Waals surface area contributed by atoms with Gasteiger partial charge in [-0.05, 0) is 56.3 Å². The third-order valence-corrected chi connectivity index (χ3v) is 5.03. The zero-order valence-electron chi connectivity index (χ0n) is 18.2.